The molecule has 2 atom stereocenters. The lowest BCUT2D eigenvalue weighted by Crippen LogP contribution is -2.37. The molecule has 10 aromatic rings. The summed E-state index contributed by atoms with van der Waals surface area (Å²) in [6.07, 6.45) is -0.111. The number of para-hydroxylation sites is 1. The number of fused-ring (bicyclic) bond motifs is 9. The molecular formula is C50H35N3. The van der Waals surface area contributed by atoms with Crippen LogP contribution in [-0.4, -0.2) is 4.57 Å². The molecule has 1 aliphatic heterocycles. The third kappa shape index (κ3) is 4.71. The fourth-order valence-corrected chi connectivity index (χ4v) is 8.88. The molecule has 9 aromatic carbocycles. The first-order chi connectivity index (χ1) is 26.3. The Morgan fingerprint density at radius 3 is 1.77 bits per heavy atom. The Morgan fingerprint density at radius 1 is 0.415 bits per heavy atom. The maximum atomic E-state index is 4.05. The van der Waals surface area contributed by atoms with Crippen molar-refractivity contribution in [1.29, 1.82) is 0 Å². The van der Waals surface area contributed by atoms with E-state index in [1.165, 1.54) is 87.6 Å². The van der Waals surface area contributed by atoms with Gasteiger partial charge in [0.05, 0.1) is 22.8 Å². The van der Waals surface area contributed by atoms with Gasteiger partial charge in [-0.2, -0.15) is 0 Å². The van der Waals surface area contributed by atoms with Crippen LogP contribution in [0.2, 0.25) is 0 Å². The lowest BCUT2D eigenvalue weighted by atomic mass is 9.90. The highest BCUT2D eigenvalue weighted by Gasteiger charge is 2.29. The van der Waals surface area contributed by atoms with Crippen LogP contribution in [0.25, 0.3) is 70.9 Å². The minimum absolute atomic E-state index is 0.0125. The molecule has 1 aliphatic rings. The molecule has 0 radical (unpaired) electrons. The summed E-state index contributed by atoms with van der Waals surface area (Å²) in [5.74, 6) is 0. The molecule has 0 fully saturated rings. The molecule has 1 aromatic heterocycles. The zero-order valence-corrected chi connectivity index (χ0v) is 29.0. The predicted octanol–water partition coefficient (Wildman–Crippen LogP) is 12.7. The van der Waals surface area contributed by atoms with E-state index in [9.17, 15) is 0 Å². The van der Waals surface area contributed by atoms with E-state index < -0.39 is 0 Å². The highest BCUT2D eigenvalue weighted by molar-refractivity contribution is 6.28. The van der Waals surface area contributed by atoms with E-state index in [-0.39, 0.29) is 12.2 Å². The van der Waals surface area contributed by atoms with Gasteiger partial charge in [-0.05, 0) is 85.1 Å². The van der Waals surface area contributed by atoms with Gasteiger partial charge in [-0.3, -0.25) is 5.32 Å². The fraction of sp³-hybridized carbons (Fsp3) is 0.0400. The van der Waals surface area contributed by atoms with E-state index in [2.05, 4.69) is 203 Å². The van der Waals surface area contributed by atoms with E-state index in [0.717, 1.165) is 5.69 Å². The van der Waals surface area contributed by atoms with Crippen LogP contribution in [0.1, 0.15) is 28.9 Å². The van der Waals surface area contributed by atoms with Crippen molar-refractivity contribution in [2.75, 3.05) is 5.32 Å². The number of nitrogens with zero attached hydrogens (tertiary/aromatic N) is 1. The summed E-state index contributed by atoms with van der Waals surface area (Å²) in [6, 6.07) is 68.6. The number of nitrogens with one attached hydrogen (secondary N) is 2. The van der Waals surface area contributed by atoms with E-state index in [1.807, 2.05) is 0 Å². The molecule has 2 N–H and O–H groups in total. The van der Waals surface area contributed by atoms with Crippen molar-refractivity contribution in [3.8, 4) is 16.8 Å². The molecule has 2 heterocycles. The summed E-state index contributed by atoms with van der Waals surface area (Å²) in [5.41, 5.74) is 10.9. The van der Waals surface area contributed by atoms with Crippen molar-refractivity contribution in [2.45, 2.75) is 12.2 Å². The van der Waals surface area contributed by atoms with Crippen LogP contribution in [0, 0.1) is 0 Å². The summed E-state index contributed by atoms with van der Waals surface area (Å²) >= 11 is 0. The number of anilines is 1. The molecule has 53 heavy (non-hydrogen) atoms. The van der Waals surface area contributed by atoms with E-state index >= 15 is 0 Å². The zero-order chi connectivity index (χ0) is 34.9. The van der Waals surface area contributed by atoms with Crippen LogP contribution in [0.4, 0.5) is 5.69 Å². The van der Waals surface area contributed by atoms with Crippen LogP contribution in [0.15, 0.2) is 188 Å². The van der Waals surface area contributed by atoms with Crippen molar-refractivity contribution in [3.05, 3.63) is 205 Å². The van der Waals surface area contributed by atoms with Crippen LogP contribution < -0.4 is 10.6 Å². The van der Waals surface area contributed by atoms with Crippen molar-refractivity contribution in [2.24, 2.45) is 0 Å². The maximum Gasteiger partial charge on any atom is 0.105 e. The highest BCUT2D eigenvalue weighted by atomic mass is 15.2. The Bertz CT molecular complexity index is 2940. The first-order valence-corrected chi connectivity index (χ1v) is 18.4. The topological polar surface area (TPSA) is 29.0 Å². The minimum Gasteiger partial charge on any atom is -0.366 e. The molecule has 0 amide bonds. The Morgan fingerprint density at radius 2 is 1.00 bits per heavy atom. The fourth-order valence-electron chi connectivity index (χ4n) is 8.88. The molecule has 3 nitrogen and oxygen atoms in total. The first-order valence-electron chi connectivity index (χ1n) is 18.4. The normalized spacial score (nSPS) is 15.6. The van der Waals surface area contributed by atoms with Gasteiger partial charge in [0.1, 0.15) is 6.17 Å². The van der Waals surface area contributed by atoms with Crippen molar-refractivity contribution >= 4 is 59.8 Å². The lowest BCUT2D eigenvalue weighted by molar-refractivity contribution is 0.508. The molecule has 2 unspecified atom stereocenters. The van der Waals surface area contributed by atoms with Gasteiger partial charge in [-0.15, -0.1) is 0 Å². The molecule has 3 heteroatoms. The number of hydrogen-bond donors (Lipinski definition) is 2. The van der Waals surface area contributed by atoms with Gasteiger partial charge < -0.3 is 9.88 Å². The molecule has 0 bridgehead atoms. The zero-order valence-electron chi connectivity index (χ0n) is 29.0. The molecule has 0 spiro atoms. The molecule has 11 rings (SSSR count). The van der Waals surface area contributed by atoms with Crippen molar-refractivity contribution in [3.63, 3.8) is 0 Å². The average Bonchev–Trinajstić information content (AvgIpc) is 3.58. The lowest BCUT2D eigenvalue weighted by Gasteiger charge is -2.36. The second-order valence-corrected chi connectivity index (χ2v) is 14.2. The molecule has 0 saturated carbocycles. The van der Waals surface area contributed by atoms with Crippen LogP contribution in [-0.2, 0) is 0 Å². The smallest absolute Gasteiger partial charge is 0.105 e. The van der Waals surface area contributed by atoms with Gasteiger partial charge in [0.2, 0.25) is 0 Å². The van der Waals surface area contributed by atoms with Crippen molar-refractivity contribution in [1.82, 2.24) is 9.88 Å². The second kappa shape index (κ2) is 11.9. The largest absolute Gasteiger partial charge is 0.366 e. The maximum absolute atomic E-state index is 4.05. The Hall–Kier alpha value is -6.68. The Labute approximate surface area is 307 Å². The van der Waals surface area contributed by atoms with Gasteiger partial charge in [0.15, 0.2) is 0 Å². The van der Waals surface area contributed by atoms with Crippen LogP contribution >= 0.6 is 0 Å². The Balaban J connectivity index is 1.10. The number of rotatable bonds is 4. The summed E-state index contributed by atoms with van der Waals surface area (Å²) < 4.78 is 2.49. The first kappa shape index (κ1) is 30.0. The number of benzene rings is 9. The van der Waals surface area contributed by atoms with Crippen molar-refractivity contribution < 1.29 is 0 Å². The van der Waals surface area contributed by atoms with E-state index in [4.69, 9.17) is 0 Å². The summed E-state index contributed by atoms with van der Waals surface area (Å²) in [6.45, 7) is 0. The van der Waals surface area contributed by atoms with Gasteiger partial charge >= 0.3 is 0 Å². The summed E-state index contributed by atoms with van der Waals surface area (Å²) in [5, 5.41) is 18.1. The highest BCUT2D eigenvalue weighted by Crippen LogP contribution is 2.43. The molecule has 0 aliphatic carbocycles. The summed E-state index contributed by atoms with van der Waals surface area (Å²) in [4.78, 5) is 0. The third-order valence-corrected chi connectivity index (χ3v) is 11.3. The predicted molar refractivity (Wildman–Crippen MR) is 223 cm³/mol. The standard InChI is InChI=1S/C50H35N3/c1-2-13-32(14-3-1)35-17-10-18-36(31-35)49-42-21-8-9-25-43(42)51-50(52-49)41-24-11-23-40-39(41)22-12-26-44(40)53-45-29-27-33-15-4-6-19-37(33)47(45)48-38-20-7-5-16-34(38)28-30-46(48)53/h1-31,49-52H. The van der Waals surface area contributed by atoms with Gasteiger partial charge in [0.25, 0.3) is 0 Å². The van der Waals surface area contributed by atoms with E-state index in [1.54, 1.807) is 0 Å². The monoisotopic (exact) mass is 677 g/mol. The summed E-state index contributed by atoms with van der Waals surface area (Å²) in [7, 11) is 0. The van der Waals surface area contributed by atoms with E-state index in [0.29, 0.717) is 0 Å². The molecule has 250 valence electrons. The molecule has 0 saturated heterocycles. The Kier molecular flexibility index (Phi) is 6.76. The average molecular weight is 678 g/mol. The number of hydrogen-bond acceptors (Lipinski definition) is 2. The van der Waals surface area contributed by atoms with Crippen LogP contribution in [0.3, 0.4) is 0 Å². The minimum atomic E-state index is -0.111. The molecular weight excluding hydrogens is 643 g/mol. The van der Waals surface area contributed by atoms with Gasteiger partial charge in [-0.25, -0.2) is 0 Å². The third-order valence-electron chi connectivity index (χ3n) is 11.3. The SMILES string of the molecule is c1ccc(-c2cccc(C3NC(c4cccc5c(-n6c7ccc8ccccc8c7c7c8ccccc8ccc76)cccc45)Nc4ccccc43)c2)cc1. The van der Waals surface area contributed by atoms with Gasteiger partial charge in [0, 0.05) is 21.8 Å². The van der Waals surface area contributed by atoms with Gasteiger partial charge in [-0.1, -0.05) is 158 Å². The van der Waals surface area contributed by atoms with Crippen LogP contribution in [0.5, 0.6) is 0 Å². The second-order valence-electron chi connectivity index (χ2n) is 14.2. The number of aromatic nitrogens is 1. The quantitative estimate of drug-likeness (QED) is 0.194.